The lowest BCUT2D eigenvalue weighted by molar-refractivity contribution is 0.123. The third-order valence-corrected chi connectivity index (χ3v) is 4.52. The van der Waals surface area contributed by atoms with Crippen molar-refractivity contribution in [3.8, 4) is 0 Å². The summed E-state index contributed by atoms with van der Waals surface area (Å²) in [5, 5.41) is 0. The summed E-state index contributed by atoms with van der Waals surface area (Å²) in [6.45, 7) is 6.51. The van der Waals surface area contributed by atoms with Crippen LogP contribution in [0.3, 0.4) is 0 Å². The molecule has 0 bridgehead atoms. The fraction of sp³-hybridized carbons (Fsp3) is 0.474. The van der Waals surface area contributed by atoms with E-state index in [2.05, 4.69) is 57.2 Å². The number of unbranched alkanes of at least 4 members (excludes halogenated alkanes) is 3. The Labute approximate surface area is 133 Å². The van der Waals surface area contributed by atoms with Crippen LogP contribution in [0.25, 0.3) is 5.76 Å². The van der Waals surface area contributed by atoms with Gasteiger partial charge in [-0.2, -0.15) is 0 Å². The molecule has 0 aromatic heterocycles. The van der Waals surface area contributed by atoms with Gasteiger partial charge in [-0.25, -0.2) is 0 Å². The quantitative estimate of drug-likeness (QED) is 0.568. The molecule has 2 heteroatoms. The number of hydrogen-bond donors (Lipinski definition) is 0. The Hall–Kier alpha value is -1.15. The lowest BCUT2D eigenvalue weighted by atomic mass is 10.0. The molecule has 1 aliphatic rings. The zero-order valence-corrected chi connectivity index (χ0v) is 14.2. The molecule has 1 nitrogen and oxygen atoms in total. The average Bonchev–Trinajstić information content (AvgIpc) is 2.46. The van der Waals surface area contributed by atoms with Crippen molar-refractivity contribution in [3.63, 3.8) is 0 Å². The maximum Gasteiger partial charge on any atom is 0.128 e. The highest BCUT2D eigenvalue weighted by atomic mass is 32.2. The zero-order valence-electron chi connectivity index (χ0n) is 13.4. The Morgan fingerprint density at radius 2 is 1.81 bits per heavy atom. The largest absolute Gasteiger partial charge is 0.483 e. The van der Waals surface area contributed by atoms with Gasteiger partial charge in [0.25, 0.3) is 0 Å². The molecule has 0 spiro atoms. The Morgan fingerprint density at radius 3 is 2.52 bits per heavy atom. The maximum atomic E-state index is 6.11. The Bertz CT molecular complexity index is 500. The molecule has 0 amide bonds. The fourth-order valence-electron chi connectivity index (χ4n) is 2.40. The van der Waals surface area contributed by atoms with E-state index in [1.54, 1.807) is 0 Å². The van der Waals surface area contributed by atoms with Gasteiger partial charge in [0, 0.05) is 10.5 Å². The summed E-state index contributed by atoms with van der Waals surface area (Å²) in [6.07, 6.45) is 9.71. The van der Waals surface area contributed by atoms with Crippen molar-refractivity contribution in [2.75, 3.05) is 5.75 Å². The molecule has 1 heterocycles. The molecule has 0 atom stereocenters. The van der Waals surface area contributed by atoms with E-state index in [1.807, 2.05) is 17.8 Å². The Kier molecular flexibility index (Phi) is 5.98. The SMILES string of the molecule is CCCCCCSC1=CC(C)(C)OC(c2ccccc2)=C1. The van der Waals surface area contributed by atoms with Crippen molar-refractivity contribution in [1.82, 2.24) is 0 Å². The van der Waals surface area contributed by atoms with Gasteiger partial charge >= 0.3 is 0 Å². The zero-order chi connectivity index (χ0) is 15.1. The molecular weight excluding hydrogens is 276 g/mol. The second-order valence-corrected chi connectivity index (χ2v) is 7.20. The van der Waals surface area contributed by atoms with Crippen molar-refractivity contribution in [2.45, 2.75) is 52.1 Å². The molecule has 1 aromatic carbocycles. The molecule has 0 radical (unpaired) electrons. The van der Waals surface area contributed by atoms with E-state index in [4.69, 9.17) is 4.74 Å². The summed E-state index contributed by atoms with van der Waals surface area (Å²) >= 11 is 1.95. The monoisotopic (exact) mass is 302 g/mol. The van der Waals surface area contributed by atoms with Crippen LogP contribution in [-0.2, 0) is 4.74 Å². The molecule has 0 saturated heterocycles. The highest BCUT2D eigenvalue weighted by molar-refractivity contribution is 8.03. The van der Waals surface area contributed by atoms with E-state index in [9.17, 15) is 0 Å². The lowest BCUT2D eigenvalue weighted by Crippen LogP contribution is -2.23. The first-order chi connectivity index (χ1) is 10.1. The number of benzene rings is 1. The summed E-state index contributed by atoms with van der Waals surface area (Å²) in [5.41, 5.74) is 0.925. The van der Waals surface area contributed by atoms with Gasteiger partial charge in [0.1, 0.15) is 11.4 Å². The summed E-state index contributed by atoms with van der Waals surface area (Å²) in [4.78, 5) is 1.33. The fourth-order valence-corrected chi connectivity index (χ4v) is 3.54. The van der Waals surface area contributed by atoms with Crippen LogP contribution in [0.5, 0.6) is 0 Å². The summed E-state index contributed by atoms with van der Waals surface area (Å²) in [5.74, 6) is 2.18. The number of hydrogen-bond acceptors (Lipinski definition) is 2. The molecule has 1 aliphatic heterocycles. The summed E-state index contributed by atoms with van der Waals surface area (Å²) in [6, 6.07) is 10.4. The molecule has 0 N–H and O–H groups in total. The normalized spacial score (nSPS) is 16.9. The van der Waals surface area contributed by atoms with Crippen molar-refractivity contribution in [3.05, 3.63) is 53.0 Å². The first-order valence-corrected chi connectivity index (χ1v) is 8.91. The van der Waals surface area contributed by atoms with E-state index in [1.165, 1.54) is 36.3 Å². The first kappa shape index (κ1) is 16.2. The van der Waals surface area contributed by atoms with Crippen LogP contribution in [0.2, 0.25) is 0 Å². The topological polar surface area (TPSA) is 9.23 Å². The minimum Gasteiger partial charge on any atom is -0.483 e. The van der Waals surface area contributed by atoms with Gasteiger partial charge in [-0.3, -0.25) is 0 Å². The van der Waals surface area contributed by atoms with Gasteiger partial charge in [0.05, 0.1) is 0 Å². The van der Waals surface area contributed by atoms with E-state index in [0.29, 0.717) is 0 Å². The molecule has 0 saturated carbocycles. The van der Waals surface area contributed by atoms with Crippen molar-refractivity contribution < 1.29 is 4.74 Å². The van der Waals surface area contributed by atoms with Crippen LogP contribution in [0, 0.1) is 0 Å². The predicted molar refractivity (Wildman–Crippen MR) is 94.3 cm³/mol. The van der Waals surface area contributed by atoms with Crippen LogP contribution >= 0.6 is 11.8 Å². The standard InChI is InChI=1S/C19H26OS/c1-4-5-6-10-13-21-17-14-18(20-19(2,3)15-17)16-11-8-7-9-12-16/h7-9,11-12,14-15H,4-6,10,13H2,1-3H3. The van der Waals surface area contributed by atoms with E-state index in [-0.39, 0.29) is 5.60 Å². The second kappa shape index (κ2) is 7.74. The highest BCUT2D eigenvalue weighted by Crippen LogP contribution is 2.35. The molecule has 21 heavy (non-hydrogen) atoms. The van der Waals surface area contributed by atoms with E-state index < -0.39 is 0 Å². The van der Waals surface area contributed by atoms with Crippen molar-refractivity contribution in [2.24, 2.45) is 0 Å². The minimum absolute atomic E-state index is 0.230. The summed E-state index contributed by atoms with van der Waals surface area (Å²) in [7, 11) is 0. The van der Waals surface area contributed by atoms with Crippen LogP contribution in [0.1, 0.15) is 52.0 Å². The van der Waals surface area contributed by atoms with E-state index >= 15 is 0 Å². The smallest absolute Gasteiger partial charge is 0.128 e. The summed E-state index contributed by atoms with van der Waals surface area (Å²) < 4.78 is 6.11. The Balaban J connectivity index is 2.01. The number of ether oxygens (including phenoxy) is 1. The van der Waals surface area contributed by atoms with Gasteiger partial charge in [-0.05, 0) is 38.2 Å². The molecule has 0 unspecified atom stereocenters. The van der Waals surface area contributed by atoms with Gasteiger partial charge in [-0.1, -0.05) is 56.5 Å². The second-order valence-electron chi connectivity index (χ2n) is 6.04. The van der Waals surface area contributed by atoms with Crippen molar-refractivity contribution >= 4 is 17.5 Å². The van der Waals surface area contributed by atoms with Crippen molar-refractivity contribution in [1.29, 1.82) is 0 Å². The number of rotatable bonds is 7. The molecule has 0 aliphatic carbocycles. The first-order valence-electron chi connectivity index (χ1n) is 7.92. The van der Waals surface area contributed by atoms with Gasteiger partial charge in [-0.15, -0.1) is 11.8 Å². The molecule has 1 aromatic rings. The third kappa shape index (κ3) is 5.28. The average molecular weight is 302 g/mol. The van der Waals surface area contributed by atoms with Gasteiger partial charge in [0.15, 0.2) is 0 Å². The van der Waals surface area contributed by atoms with Crippen LogP contribution in [0.4, 0.5) is 0 Å². The number of thioether (sulfide) groups is 1. The Morgan fingerprint density at radius 1 is 1.05 bits per heavy atom. The van der Waals surface area contributed by atoms with E-state index in [0.717, 1.165) is 11.3 Å². The molecule has 114 valence electrons. The lowest BCUT2D eigenvalue weighted by Gasteiger charge is -2.29. The molecular formula is C19H26OS. The highest BCUT2D eigenvalue weighted by Gasteiger charge is 2.24. The number of allylic oxidation sites excluding steroid dienone is 1. The molecule has 2 rings (SSSR count). The van der Waals surface area contributed by atoms with Gasteiger partial charge < -0.3 is 4.74 Å². The minimum atomic E-state index is -0.230. The molecule has 0 fully saturated rings. The predicted octanol–water partition coefficient (Wildman–Crippen LogP) is 6.03. The van der Waals surface area contributed by atoms with Crippen LogP contribution in [0.15, 0.2) is 47.4 Å². The third-order valence-electron chi connectivity index (χ3n) is 3.46. The van der Waals surface area contributed by atoms with Crippen LogP contribution in [-0.4, -0.2) is 11.4 Å². The van der Waals surface area contributed by atoms with Gasteiger partial charge in [0.2, 0.25) is 0 Å². The maximum absolute atomic E-state index is 6.11. The van der Waals surface area contributed by atoms with Crippen LogP contribution < -0.4 is 0 Å².